The van der Waals surface area contributed by atoms with Gasteiger partial charge >= 0.3 is 5.97 Å². The van der Waals surface area contributed by atoms with Gasteiger partial charge < -0.3 is 10.1 Å². The Morgan fingerprint density at radius 3 is 2.92 bits per heavy atom. The van der Waals surface area contributed by atoms with Gasteiger partial charge in [0.1, 0.15) is 6.10 Å². The van der Waals surface area contributed by atoms with Crippen LogP contribution in [0.5, 0.6) is 0 Å². The van der Waals surface area contributed by atoms with E-state index < -0.39 is 0 Å². The summed E-state index contributed by atoms with van der Waals surface area (Å²) in [5.41, 5.74) is 1.22. The van der Waals surface area contributed by atoms with Gasteiger partial charge in [0.25, 0.3) is 0 Å². The van der Waals surface area contributed by atoms with Crippen LogP contribution < -0.4 is 5.32 Å². The highest BCUT2D eigenvalue weighted by Crippen LogP contribution is 2.59. The van der Waals surface area contributed by atoms with Gasteiger partial charge in [0.2, 0.25) is 5.91 Å². The summed E-state index contributed by atoms with van der Waals surface area (Å²) in [6, 6.07) is 0. The van der Waals surface area contributed by atoms with E-state index in [-0.39, 0.29) is 35.2 Å². The van der Waals surface area contributed by atoms with E-state index in [0.717, 1.165) is 25.0 Å². The van der Waals surface area contributed by atoms with Crippen molar-refractivity contribution < 1.29 is 14.3 Å². The smallest absolute Gasteiger partial charge is 0.309 e. The molecule has 26 heavy (non-hydrogen) atoms. The number of rotatable bonds is 3. The highest BCUT2D eigenvalue weighted by atomic mass is 32.2. The Morgan fingerprint density at radius 1 is 1.42 bits per heavy atom. The van der Waals surface area contributed by atoms with Crippen molar-refractivity contribution in [3.05, 3.63) is 10.6 Å². The quantitative estimate of drug-likeness (QED) is 0.792. The van der Waals surface area contributed by atoms with Gasteiger partial charge in [0.15, 0.2) is 5.13 Å². The fourth-order valence-corrected chi connectivity index (χ4v) is 7.03. The Morgan fingerprint density at radius 2 is 2.19 bits per heavy atom. The van der Waals surface area contributed by atoms with Crippen LogP contribution in [0.1, 0.15) is 50.1 Å². The van der Waals surface area contributed by atoms with Gasteiger partial charge in [-0.3, -0.25) is 9.59 Å². The number of carbonyl (C=O) groups is 2. The second kappa shape index (κ2) is 6.51. The SMILES string of the molecule is CSCC(=O)Nc1nc2c(s1)CC1(C)CCC3C(C)C(=O)OC3C1C2C. The van der Waals surface area contributed by atoms with E-state index in [1.54, 1.807) is 11.3 Å². The van der Waals surface area contributed by atoms with Gasteiger partial charge in [-0.1, -0.05) is 20.8 Å². The van der Waals surface area contributed by atoms with E-state index in [1.165, 1.54) is 16.6 Å². The van der Waals surface area contributed by atoms with Crippen molar-refractivity contribution in [1.29, 1.82) is 0 Å². The van der Waals surface area contributed by atoms with Crippen molar-refractivity contribution in [1.82, 2.24) is 4.98 Å². The highest BCUT2D eigenvalue weighted by Gasteiger charge is 2.58. The number of aromatic nitrogens is 1. The van der Waals surface area contributed by atoms with Crippen molar-refractivity contribution in [3.8, 4) is 0 Å². The minimum atomic E-state index is -0.0365. The van der Waals surface area contributed by atoms with Crippen LogP contribution in [0.3, 0.4) is 0 Å². The summed E-state index contributed by atoms with van der Waals surface area (Å²) in [5, 5.41) is 3.64. The lowest BCUT2D eigenvalue weighted by Gasteiger charge is -2.51. The maximum Gasteiger partial charge on any atom is 0.309 e. The number of amides is 1. The zero-order chi connectivity index (χ0) is 18.6. The van der Waals surface area contributed by atoms with Crippen molar-refractivity contribution in [2.45, 2.75) is 52.1 Å². The van der Waals surface area contributed by atoms with E-state index in [1.807, 2.05) is 13.2 Å². The molecule has 142 valence electrons. The van der Waals surface area contributed by atoms with Crippen LogP contribution in [0.4, 0.5) is 5.13 Å². The fourth-order valence-electron chi connectivity index (χ4n) is 5.42. The first-order chi connectivity index (χ1) is 12.3. The lowest BCUT2D eigenvalue weighted by Crippen LogP contribution is -2.50. The molecule has 3 aliphatic rings. The van der Waals surface area contributed by atoms with Crippen LogP contribution >= 0.6 is 23.1 Å². The third-order valence-electron chi connectivity index (χ3n) is 6.68. The number of anilines is 1. The third-order valence-corrected chi connectivity index (χ3v) is 8.22. The number of thioether (sulfide) groups is 1. The molecule has 1 N–H and O–H groups in total. The second-order valence-electron chi connectivity index (χ2n) is 8.35. The molecule has 2 heterocycles. The number of fused-ring (bicyclic) bond motifs is 4. The molecule has 1 saturated carbocycles. The Hall–Kier alpha value is -1.08. The molecule has 1 aliphatic heterocycles. The second-order valence-corrected chi connectivity index (χ2v) is 10.3. The molecule has 6 atom stereocenters. The standard InChI is InChI=1S/C19H26N2O3S2/c1-9-11-5-6-19(3)7-12-15(10(2)14(19)16(11)24-17(9)23)21-18(26-12)20-13(22)8-25-4/h9-11,14,16H,5-8H2,1-4H3,(H,20,21,22). The van der Waals surface area contributed by atoms with E-state index >= 15 is 0 Å². The lowest BCUT2D eigenvalue weighted by molar-refractivity contribution is -0.149. The summed E-state index contributed by atoms with van der Waals surface area (Å²) in [7, 11) is 0. The molecule has 0 spiro atoms. The van der Waals surface area contributed by atoms with Crippen LogP contribution in [0, 0.1) is 23.2 Å². The molecule has 1 aromatic heterocycles. The largest absolute Gasteiger partial charge is 0.461 e. The number of ether oxygens (including phenoxy) is 1. The topological polar surface area (TPSA) is 68.3 Å². The molecule has 5 nitrogen and oxygen atoms in total. The van der Waals surface area contributed by atoms with Crippen LogP contribution in [0.15, 0.2) is 0 Å². The van der Waals surface area contributed by atoms with E-state index in [4.69, 9.17) is 9.72 Å². The van der Waals surface area contributed by atoms with Crippen LogP contribution in [-0.2, 0) is 20.7 Å². The molecule has 7 heteroatoms. The number of thiazole rings is 1. The summed E-state index contributed by atoms with van der Waals surface area (Å²) in [4.78, 5) is 30.1. The predicted octanol–water partition coefficient (Wildman–Crippen LogP) is 3.70. The van der Waals surface area contributed by atoms with Gasteiger partial charge in [-0.25, -0.2) is 4.98 Å². The summed E-state index contributed by atoms with van der Waals surface area (Å²) in [6.07, 6.45) is 5.07. The zero-order valence-corrected chi connectivity index (χ0v) is 17.3. The van der Waals surface area contributed by atoms with Crippen LogP contribution in [0.25, 0.3) is 0 Å². The minimum absolute atomic E-state index is 0.00140. The lowest BCUT2D eigenvalue weighted by atomic mass is 9.54. The number of carbonyl (C=O) groups excluding carboxylic acids is 2. The highest BCUT2D eigenvalue weighted by molar-refractivity contribution is 7.99. The molecule has 2 fully saturated rings. The number of nitrogens with zero attached hydrogens (tertiary/aromatic N) is 1. The molecular formula is C19H26N2O3S2. The maximum atomic E-state index is 12.2. The molecule has 6 unspecified atom stereocenters. The van der Waals surface area contributed by atoms with Gasteiger partial charge in [-0.15, -0.1) is 11.3 Å². The molecule has 1 amide bonds. The molecule has 4 rings (SSSR count). The first-order valence-electron chi connectivity index (χ1n) is 9.33. The van der Waals surface area contributed by atoms with Gasteiger partial charge in [-0.05, 0) is 30.9 Å². The molecule has 0 bridgehead atoms. The Bertz CT molecular complexity index is 749. The first-order valence-corrected chi connectivity index (χ1v) is 11.5. The number of esters is 1. The normalized spacial score (nSPS) is 38.2. The minimum Gasteiger partial charge on any atom is -0.461 e. The van der Waals surface area contributed by atoms with Gasteiger partial charge in [-0.2, -0.15) is 11.8 Å². The van der Waals surface area contributed by atoms with E-state index in [0.29, 0.717) is 22.7 Å². The predicted molar refractivity (Wildman–Crippen MR) is 105 cm³/mol. The average molecular weight is 395 g/mol. The van der Waals surface area contributed by atoms with Crippen molar-refractivity contribution in [2.24, 2.45) is 23.2 Å². The Balaban J connectivity index is 1.64. The third kappa shape index (κ3) is 2.78. The molecule has 1 aromatic rings. The van der Waals surface area contributed by atoms with Crippen LogP contribution in [0.2, 0.25) is 0 Å². The van der Waals surface area contributed by atoms with Gasteiger partial charge in [0.05, 0.1) is 17.4 Å². The molecular weight excluding hydrogens is 368 g/mol. The maximum absolute atomic E-state index is 12.2. The van der Waals surface area contributed by atoms with Crippen molar-refractivity contribution >= 4 is 40.1 Å². The summed E-state index contributed by atoms with van der Waals surface area (Å²) < 4.78 is 5.87. The number of hydrogen-bond donors (Lipinski definition) is 1. The number of hydrogen-bond acceptors (Lipinski definition) is 6. The number of nitrogens with one attached hydrogen (secondary N) is 1. The van der Waals surface area contributed by atoms with Gasteiger partial charge in [0, 0.05) is 22.6 Å². The van der Waals surface area contributed by atoms with Crippen LogP contribution in [-0.4, -0.2) is 35.0 Å². The van der Waals surface area contributed by atoms with E-state index in [2.05, 4.69) is 19.2 Å². The van der Waals surface area contributed by atoms with Crippen molar-refractivity contribution in [3.63, 3.8) is 0 Å². The fraction of sp³-hybridized carbons (Fsp3) is 0.737. The molecule has 2 aliphatic carbocycles. The molecule has 0 aromatic carbocycles. The zero-order valence-electron chi connectivity index (χ0n) is 15.7. The molecule has 1 saturated heterocycles. The first kappa shape index (κ1) is 18.3. The Labute approximate surface area is 162 Å². The molecule has 0 radical (unpaired) electrons. The summed E-state index contributed by atoms with van der Waals surface area (Å²) in [6.45, 7) is 6.57. The van der Waals surface area contributed by atoms with Crippen molar-refractivity contribution in [2.75, 3.05) is 17.3 Å². The monoisotopic (exact) mass is 394 g/mol. The summed E-state index contributed by atoms with van der Waals surface area (Å²) in [5.74, 6) is 1.29. The average Bonchev–Trinajstić information content (AvgIpc) is 3.08. The Kier molecular flexibility index (Phi) is 4.58. The summed E-state index contributed by atoms with van der Waals surface area (Å²) >= 11 is 3.12. The van der Waals surface area contributed by atoms with E-state index in [9.17, 15) is 9.59 Å².